The zero-order chi connectivity index (χ0) is 16.9. The molecule has 1 aromatic rings. The molecule has 0 spiro atoms. The molecular weight excluding hydrogens is 290 g/mol. The van der Waals surface area contributed by atoms with E-state index < -0.39 is 0 Å². The fourth-order valence-corrected chi connectivity index (χ4v) is 2.89. The molecule has 4 nitrogen and oxygen atoms in total. The van der Waals surface area contributed by atoms with Gasteiger partial charge in [-0.2, -0.15) is 0 Å². The van der Waals surface area contributed by atoms with Crippen LogP contribution in [-0.2, 0) is 16.1 Å². The summed E-state index contributed by atoms with van der Waals surface area (Å²) in [5.41, 5.74) is 0.592. The largest absolute Gasteiger partial charge is 0.445 e. The minimum Gasteiger partial charge on any atom is -0.445 e. The Labute approximate surface area is 138 Å². The average molecular weight is 317 g/mol. The smallest absolute Gasteiger partial charge is 0.410 e. The van der Waals surface area contributed by atoms with Crippen LogP contribution in [0.4, 0.5) is 4.79 Å². The molecule has 23 heavy (non-hydrogen) atoms. The lowest BCUT2D eigenvalue weighted by molar-refractivity contribution is -0.125. The van der Waals surface area contributed by atoms with E-state index in [4.69, 9.17) is 4.74 Å². The molecule has 1 aliphatic rings. The van der Waals surface area contributed by atoms with Gasteiger partial charge in [0.25, 0.3) is 0 Å². The number of Topliss-reactive ketones (excluding diaryl/α,β-unsaturated/α-hetero) is 1. The Kier molecular flexibility index (Phi) is 5.80. The maximum absolute atomic E-state index is 12.5. The molecule has 0 aliphatic heterocycles. The molecule has 1 unspecified atom stereocenters. The van der Waals surface area contributed by atoms with Crippen molar-refractivity contribution in [3.05, 3.63) is 35.9 Å². The molecule has 0 bridgehead atoms. The van der Waals surface area contributed by atoms with Gasteiger partial charge in [-0.1, -0.05) is 36.8 Å². The molecule has 1 amide bonds. The van der Waals surface area contributed by atoms with E-state index in [0.717, 1.165) is 24.8 Å². The fraction of sp³-hybridized carbons (Fsp3) is 0.579. The van der Waals surface area contributed by atoms with Crippen LogP contribution in [0.3, 0.4) is 0 Å². The number of amides is 1. The van der Waals surface area contributed by atoms with Gasteiger partial charge in [-0.3, -0.25) is 4.79 Å². The van der Waals surface area contributed by atoms with Gasteiger partial charge in [0, 0.05) is 24.4 Å². The van der Waals surface area contributed by atoms with Crippen molar-refractivity contribution in [3.63, 3.8) is 0 Å². The molecule has 0 heterocycles. The Hall–Kier alpha value is -1.84. The summed E-state index contributed by atoms with van der Waals surface area (Å²) in [5, 5.41) is 0. The van der Waals surface area contributed by atoms with Crippen molar-refractivity contribution < 1.29 is 14.3 Å². The Morgan fingerprint density at radius 1 is 1.22 bits per heavy atom. The summed E-state index contributed by atoms with van der Waals surface area (Å²) in [4.78, 5) is 26.3. The third-order valence-corrected chi connectivity index (χ3v) is 4.32. The lowest BCUT2D eigenvalue weighted by Crippen LogP contribution is -2.49. The predicted molar refractivity (Wildman–Crippen MR) is 90.1 cm³/mol. The molecule has 1 saturated carbocycles. The second kappa shape index (κ2) is 7.62. The van der Waals surface area contributed by atoms with Gasteiger partial charge in [0.05, 0.1) is 0 Å². The number of carbonyl (C=O) groups excluding carboxylic acids is 2. The minimum atomic E-state index is -0.370. The SMILES string of the molecule is CC(C)(C)N(CC1CCCCC1=O)C(=O)OCc1ccccc1. The first-order chi connectivity index (χ1) is 10.9. The van der Waals surface area contributed by atoms with Crippen LogP contribution in [0.5, 0.6) is 0 Å². The van der Waals surface area contributed by atoms with Gasteiger partial charge < -0.3 is 9.64 Å². The first-order valence-corrected chi connectivity index (χ1v) is 8.39. The molecule has 0 radical (unpaired) electrons. The van der Waals surface area contributed by atoms with Gasteiger partial charge in [0.1, 0.15) is 12.4 Å². The van der Waals surface area contributed by atoms with E-state index in [-0.39, 0.29) is 29.9 Å². The van der Waals surface area contributed by atoms with E-state index in [1.54, 1.807) is 4.90 Å². The monoisotopic (exact) mass is 317 g/mol. The molecule has 2 rings (SSSR count). The lowest BCUT2D eigenvalue weighted by Gasteiger charge is -2.37. The van der Waals surface area contributed by atoms with Crippen LogP contribution in [0.15, 0.2) is 30.3 Å². The van der Waals surface area contributed by atoms with E-state index in [9.17, 15) is 9.59 Å². The van der Waals surface area contributed by atoms with Crippen LogP contribution in [0, 0.1) is 5.92 Å². The maximum atomic E-state index is 12.5. The van der Waals surface area contributed by atoms with Crippen LogP contribution in [0.2, 0.25) is 0 Å². The van der Waals surface area contributed by atoms with E-state index in [1.807, 2.05) is 51.1 Å². The average Bonchev–Trinajstić information content (AvgIpc) is 2.51. The van der Waals surface area contributed by atoms with Gasteiger partial charge in [0.2, 0.25) is 0 Å². The van der Waals surface area contributed by atoms with Gasteiger partial charge in [-0.05, 0) is 39.2 Å². The van der Waals surface area contributed by atoms with Crippen molar-refractivity contribution in [1.82, 2.24) is 4.90 Å². The second-order valence-electron chi connectivity index (χ2n) is 7.23. The van der Waals surface area contributed by atoms with Crippen LogP contribution < -0.4 is 0 Å². The number of hydrogen-bond acceptors (Lipinski definition) is 3. The van der Waals surface area contributed by atoms with Crippen LogP contribution in [-0.4, -0.2) is 28.9 Å². The molecule has 126 valence electrons. The summed E-state index contributed by atoms with van der Waals surface area (Å²) < 4.78 is 5.47. The standard InChI is InChI=1S/C19H27NO3/c1-19(2,3)20(13-16-11-7-8-12-17(16)21)18(22)23-14-15-9-5-4-6-10-15/h4-6,9-10,16H,7-8,11-14H2,1-3H3. The molecule has 0 aromatic heterocycles. The maximum Gasteiger partial charge on any atom is 0.410 e. The van der Waals surface area contributed by atoms with Crippen LogP contribution >= 0.6 is 0 Å². The summed E-state index contributed by atoms with van der Waals surface area (Å²) in [7, 11) is 0. The number of nitrogens with zero attached hydrogens (tertiary/aromatic N) is 1. The summed E-state index contributed by atoms with van der Waals surface area (Å²) in [6.07, 6.45) is 3.20. The van der Waals surface area contributed by atoms with Crippen molar-refractivity contribution >= 4 is 11.9 Å². The van der Waals surface area contributed by atoms with Crippen LogP contribution in [0.25, 0.3) is 0 Å². The minimum absolute atomic E-state index is 0.0488. The Morgan fingerprint density at radius 2 is 1.91 bits per heavy atom. The lowest BCUT2D eigenvalue weighted by atomic mass is 9.87. The zero-order valence-electron chi connectivity index (χ0n) is 14.4. The molecule has 0 saturated heterocycles. The molecule has 0 N–H and O–H groups in total. The highest BCUT2D eigenvalue weighted by Gasteiger charge is 2.33. The Bertz CT molecular complexity index is 533. The molecule has 1 aromatic carbocycles. The van der Waals surface area contributed by atoms with Crippen LogP contribution in [0.1, 0.15) is 52.0 Å². The van der Waals surface area contributed by atoms with Gasteiger partial charge in [0.15, 0.2) is 0 Å². The highest BCUT2D eigenvalue weighted by molar-refractivity contribution is 5.82. The number of hydrogen-bond donors (Lipinski definition) is 0. The first-order valence-electron chi connectivity index (χ1n) is 8.39. The second-order valence-corrected chi connectivity index (χ2v) is 7.23. The quantitative estimate of drug-likeness (QED) is 0.837. The summed E-state index contributed by atoms with van der Waals surface area (Å²) >= 11 is 0. The van der Waals surface area contributed by atoms with Crippen molar-refractivity contribution in [3.8, 4) is 0 Å². The number of ether oxygens (including phenoxy) is 1. The highest BCUT2D eigenvalue weighted by Crippen LogP contribution is 2.25. The zero-order valence-corrected chi connectivity index (χ0v) is 14.4. The van der Waals surface area contributed by atoms with E-state index >= 15 is 0 Å². The molecule has 1 atom stereocenters. The van der Waals surface area contributed by atoms with Gasteiger partial charge >= 0.3 is 6.09 Å². The highest BCUT2D eigenvalue weighted by atomic mass is 16.6. The summed E-state index contributed by atoms with van der Waals surface area (Å²) in [6, 6.07) is 9.64. The van der Waals surface area contributed by atoms with E-state index in [0.29, 0.717) is 13.0 Å². The van der Waals surface area contributed by atoms with Crippen molar-refractivity contribution in [2.24, 2.45) is 5.92 Å². The topological polar surface area (TPSA) is 46.6 Å². The number of benzene rings is 1. The Balaban J connectivity index is 1.99. The predicted octanol–water partition coefficient (Wildman–Crippen LogP) is 4.18. The molecule has 1 aliphatic carbocycles. The van der Waals surface area contributed by atoms with Gasteiger partial charge in [-0.15, -0.1) is 0 Å². The molecule has 1 fully saturated rings. The number of ketones is 1. The van der Waals surface area contributed by atoms with E-state index in [2.05, 4.69) is 0 Å². The van der Waals surface area contributed by atoms with Crippen molar-refractivity contribution in [2.75, 3.05) is 6.54 Å². The fourth-order valence-electron chi connectivity index (χ4n) is 2.89. The van der Waals surface area contributed by atoms with E-state index in [1.165, 1.54) is 0 Å². The summed E-state index contributed by atoms with van der Waals surface area (Å²) in [6.45, 7) is 6.64. The van der Waals surface area contributed by atoms with Crippen molar-refractivity contribution in [2.45, 2.75) is 58.6 Å². The summed E-state index contributed by atoms with van der Waals surface area (Å²) in [5.74, 6) is 0.230. The molecule has 4 heteroatoms. The third kappa shape index (κ3) is 5.08. The van der Waals surface area contributed by atoms with Crippen molar-refractivity contribution in [1.29, 1.82) is 0 Å². The third-order valence-electron chi connectivity index (χ3n) is 4.32. The number of carbonyl (C=O) groups is 2. The number of rotatable bonds is 4. The Morgan fingerprint density at radius 3 is 2.52 bits per heavy atom. The molecular formula is C19H27NO3. The normalized spacial score (nSPS) is 18.6. The van der Waals surface area contributed by atoms with Gasteiger partial charge in [-0.25, -0.2) is 4.79 Å². The first kappa shape index (κ1) is 17.5.